The third-order valence-electron chi connectivity index (χ3n) is 11.0. The average Bonchev–Trinajstić information content (AvgIpc) is 3.18. The molecule has 0 saturated carbocycles. The number of unbranched alkanes of at least 4 members (excludes halogenated alkanes) is 1. The van der Waals surface area contributed by atoms with Gasteiger partial charge in [-0.3, -0.25) is 0 Å². The third-order valence-corrected chi connectivity index (χ3v) is 11.0. The Bertz CT molecular complexity index is 1470. The van der Waals surface area contributed by atoms with Gasteiger partial charge in [0.2, 0.25) is 0 Å². The van der Waals surface area contributed by atoms with E-state index in [9.17, 15) is 14.7 Å². The van der Waals surface area contributed by atoms with E-state index in [1.165, 1.54) is 12.5 Å². The maximum Gasteiger partial charge on any atom is 0.317 e. The van der Waals surface area contributed by atoms with Crippen LogP contribution in [0.4, 0.5) is 14.0 Å². The van der Waals surface area contributed by atoms with Crippen LogP contribution in [0, 0.1) is 30.5 Å². The highest BCUT2D eigenvalue weighted by molar-refractivity contribution is 5.75. The summed E-state index contributed by atoms with van der Waals surface area (Å²) in [4.78, 5) is 29.2. The lowest BCUT2D eigenvalue weighted by Crippen LogP contribution is -2.54. The van der Waals surface area contributed by atoms with E-state index in [4.69, 9.17) is 9.47 Å². The van der Waals surface area contributed by atoms with E-state index in [0.717, 1.165) is 70.1 Å². The average molecular weight is 799 g/mol. The van der Waals surface area contributed by atoms with E-state index < -0.39 is 11.4 Å². The summed E-state index contributed by atoms with van der Waals surface area (Å²) in [5.41, 5.74) is -0.0959. The van der Waals surface area contributed by atoms with Gasteiger partial charge in [0.05, 0.1) is 5.60 Å². The number of carbonyl (C=O) groups excluding carboxylic acids is 2. The van der Waals surface area contributed by atoms with Crippen LogP contribution in [0.2, 0.25) is 0 Å². The maximum atomic E-state index is 15.4. The van der Waals surface area contributed by atoms with E-state index in [-0.39, 0.29) is 35.8 Å². The molecule has 0 unspecified atom stereocenters. The molecule has 5 N–H and O–H groups in total. The highest BCUT2D eigenvalue weighted by Crippen LogP contribution is 2.45. The summed E-state index contributed by atoms with van der Waals surface area (Å²) < 4.78 is 26.8. The first-order chi connectivity index (χ1) is 27.3. The van der Waals surface area contributed by atoms with Gasteiger partial charge in [-0.1, -0.05) is 58.0 Å². The number of carbonyl (C=O) groups is 2. The van der Waals surface area contributed by atoms with Crippen LogP contribution in [0.1, 0.15) is 103 Å². The lowest BCUT2D eigenvalue weighted by Gasteiger charge is -2.43. The van der Waals surface area contributed by atoms with Gasteiger partial charge in [-0.2, -0.15) is 0 Å². The van der Waals surface area contributed by atoms with Crippen molar-refractivity contribution < 1.29 is 28.6 Å². The zero-order chi connectivity index (χ0) is 41.8. The van der Waals surface area contributed by atoms with Crippen molar-refractivity contribution in [2.24, 2.45) is 17.8 Å². The summed E-state index contributed by atoms with van der Waals surface area (Å²) >= 11 is 0. The molecule has 2 aliphatic heterocycles. The van der Waals surface area contributed by atoms with Crippen LogP contribution in [0.3, 0.4) is 0 Å². The number of rotatable bonds is 19. The van der Waals surface area contributed by atoms with Gasteiger partial charge < -0.3 is 45.6 Å². The van der Waals surface area contributed by atoms with Crippen molar-refractivity contribution in [2.75, 3.05) is 67.1 Å². The summed E-state index contributed by atoms with van der Waals surface area (Å²) in [7, 11) is 5.47. The number of piperidine rings is 2. The van der Waals surface area contributed by atoms with Crippen molar-refractivity contribution in [3.63, 3.8) is 0 Å². The molecule has 2 aliphatic rings. The Morgan fingerprint density at radius 2 is 1.44 bits per heavy atom. The molecule has 2 aromatic rings. The Morgan fingerprint density at radius 1 is 0.842 bits per heavy atom. The molecular formula is C45H75FN6O5. The summed E-state index contributed by atoms with van der Waals surface area (Å²) in [6.07, 6.45) is 8.78. The van der Waals surface area contributed by atoms with Crippen molar-refractivity contribution in [1.29, 1.82) is 0 Å². The first-order valence-corrected chi connectivity index (χ1v) is 21.5. The van der Waals surface area contributed by atoms with E-state index in [0.29, 0.717) is 62.2 Å². The standard InChI is InChI=1S/C32H48FN3O4.C13H27N3O/c1-23(2)20-26(21-34-4)35-31(37)36-18-11-13-25(22-36)32(38,17-8-9-19-39-5)27-14-10-15-28(33)30(27)40-29-16-7-6-12-24(29)3;1-11(2)9-12(10-14-3)15-13(17)16-7-5-4-6-8-16/h6-7,10,12,14-16,23,25-26,34,38H,8-9,11,13,17-22H2,1-5H3,(H,35,37);11-12,14H,4-10H2,1-3H3,(H,15,17)/t25-,26+,32+;12-/m10/s1. The Kier molecular flexibility index (Phi) is 21.1. The van der Waals surface area contributed by atoms with Gasteiger partial charge in [-0.25, -0.2) is 14.0 Å². The Morgan fingerprint density at radius 3 is 2.02 bits per heavy atom. The monoisotopic (exact) mass is 799 g/mol. The smallest absolute Gasteiger partial charge is 0.317 e. The number of aliphatic hydroxyl groups is 1. The van der Waals surface area contributed by atoms with Gasteiger partial charge in [0.15, 0.2) is 11.6 Å². The Labute approximate surface area is 343 Å². The molecule has 4 atom stereocenters. The number of nitrogens with one attached hydrogen (secondary N) is 4. The summed E-state index contributed by atoms with van der Waals surface area (Å²) in [5, 5.41) is 25.1. The number of hydrogen-bond acceptors (Lipinski definition) is 7. The van der Waals surface area contributed by atoms with Crippen molar-refractivity contribution in [3.05, 3.63) is 59.4 Å². The van der Waals surface area contributed by atoms with Crippen molar-refractivity contribution in [1.82, 2.24) is 31.1 Å². The molecule has 322 valence electrons. The minimum Gasteiger partial charge on any atom is -0.454 e. The lowest BCUT2D eigenvalue weighted by molar-refractivity contribution is -0.0578. The number of amides is 4. The topological polar surface area (TPSA) is 127 Å². The van der Waals surface area contributed by atoms with Crippen molar-refractivity contribution >= 4 is 12.1 Å². The zero-order valence-electron chi connectivity index (χ0n) is 36.3. The van der Waals surface area contributed by atoms with Gasteiger partial charge in [-0.05, 0) is 115 Å². The molecule has 2 fully saturated rings. The Balaban J connectivity index is 0.000000427. The first kappa shape index (κ1) is 47.9. The SMILES string of the molecule is CNC[C@H](CC(C)C)NC(=O)N1CCCCC1.CNC[C@H](CC(C)C)NC(=O)N1CCC[C@@H]([C@@](O)(CCCCOC)c2cccc(F)c2Oc2ccccc2C)C1. The number of benzene rings is 2. The number of urea groups is 2. The number of likely N-dealkylation sites (tertiary alicyclic amines) is 2. The molecular weight excluding hydrogens is 724 g/mol. The van der Waals surface area contributed by atoms with Crippen LogP contribution in [0.5, 0.6) is 11.5 Å². The van der Waals surface area contributed by atoms with E-state index in [2.05, 4.69) is 49.0 Å². The van der Waals surface area contributed by atoms with Gasteiger partial charge >= 0.3 is 12.1 Å². The van der Waals surface area contributed by atoms with Crippen molar-refractivity contribution in [3.8, 4) is 11.5 Å². The predicted molar refractivity (Wildman–Crippen MR) is 228 cm³/mol. The molecule has 0 spiro atoms. The Hall–Kier alpha value is -3.45. The second-order valence-electron chi connectivity index (χ2n) is 16.9. The highest BCUT2D eigenvalue weighted by Gasteiger charge is 2.44. The molecule has 0 aromatic heterocycles. The van der Waals surface area contributed by atoms with Gasteiger partial charge in [-0.15, -0.1) is 0 Å². The molecule has 2 heterocycles. The lowest BCUT2D eigenvalue weighted by atomic mass is 9.73. The molecule has 4 rings (SSSR count). The van der Waals surface area contributed by atoms with Crippen LogP contribution in [-0.2, 0) is 10.3 Å². The minimum absolute atomic E-state index is 0.0168. The number of methoxy groups -OCH3 is 1. The van der Waals surface area contributed by atoms with Crippen LogP contribution in [0.15, 0.2) is 42.5 Å². The molecule has 12 heteroatoms. The molecule has 2 aromatic carbocycles. The predicted octanol–water partition coefficient (Wildman–Crippen LogP) is 7.80. The molecule has 0 bridgehead atoms. The second kappa shape index (κ2) is 25.1. The fourth-order valence-electron chi connectivity index (χ4n) is 8.13. The first-order valence-electron chi connectivity index (χ1n) is 21.5. The number of halogens is 1. The normalized spacial score (nSPS) is 18.0. The fourth-order valence-corrected chi connectivity index (χ4v) is 8.13. The summed E-state index contributed by atoms with van der Waals surface area (Å²) in [6, 6.07) is 12.5. The summed E-state index contributed by atoms with van der Waals surface area (Å²) in [5.74, 6) is 0.827. The quantitative estimate of drug-likeness (QED) is 0.0919. The molecule has 0 aliphatic carbocycles. The second-order valence-corrected chi connectivity index (χ2v) is 16.9. The van der Waals surface area contributed by atoms with Gasteiger partial charge in [0, 0.05) is 76.6 Å². The van der Waals surface area contributed by atoms with E-state index >= 15 is 4.39 Å². The van der Waals surface area contributed by atoms with Gasteiger partial charge in [0.25, 0.3) is 0 Å². The molecule has 2 saturated heterocycles. The third kappa shape index (κ3) is 15.7. The van der Waals surface area contributed by atoms with E-state index in [1.54, 1.807) is 30.2 Å². The fraction of sp³-hybridized carbons (Fsp3) is 0.689. The van der Waals surface area contributed by atoms with Gasteiger partial charge in [0.1, 0.15) is 5.75 Å². The van der Waals surface area contributed by atoms with Crippen molar-refractivity contribution in [2.45, 2.75) is 117 Å². The van der Waals surface area contributed by atoms with Crippen LogP contribution in [0.25, 0.3) is 0 Å². The number of hydrogen-bond donors (Lipinski definition) is 5. The van der Waals surface area contributed by atoms with E-state index in [1.807, 2.05) is 44.1 Å². The van der Waals surface area contributed by atoms with Crippen LogP contribution >= 0.6 is 0 Å². The minimum atomic E-state index is -1.39. The largest absolute Gasteiger partial charge is 0.454 e. The van der Waals surface area contributed by atoms with Crippen LogP contribution in [-0.4, -0.2) is 106 Å². The number of nitrogens with zero attached hydrogens (tertiary/aromatic N) is 2. The molecule has 11 nitrogen and oxygen atoms in total. The summed E-state index contributed by atoms with van der Waals surface area (Å²) in [6.45, 7) is 15.5. The number of ether oxygens (including phenoxy) is 2. The molecule has 0 radical (unpaired) electrons. The highest BCUT2D eigenvalue weighted by atomic mass is 19.1. The number of aryl methyl sites for hydroxylation is 1. The zero-order valence-corrected chi connectivity index (χ0v) is 36.3. The maximum absolute atomic E-state index is 15.4. The van der Waals surface area contributed by atoms with Crippen LogP contribution < -0.4 is 26.0 Å². The molecule has 57 heavy (non-hydrogen) atoms. The number of likely N-dealkylation sites (N-methyl/N-ethyl adjacent to an activating group) is 2. The number of para-hydroxylation sites is 2. The molecule has 4 amide bonds.